The van der Waals surface area contributed by atoms with Crippen LogP contribution in [0.4, 0.5) is 5.95 Å². The Hall–Kier alpha value is -1.37. The quantitative estimate of drug-likeness (QED) is 0.834. The van der Waals surface area contributed by atoms with Crippen LogP contribution in [0.2, 0.25) is 10.0 Å². The molecule has 0 amide bonds. The van der Waals surface area contributed by atoms with E-state index in [1.807, 2.05) is 19.9 Å². The zero-order valence-electron chi connectivity index (χ0n) is 11.6. The van der Waals surface area contributed by atoms with Gasteiger partial charge in [-0.2, -0.15) is 0 Å². The molecule has 0 spiro atoms. The van der Waals surface area contributed by atoms with Crippen molar-refractivity contribution in [2.75, 3.05) is 5.32 Å². The molecule has 0 fully saturated rings. The lowest BCUT2D eigenvalue weighted by molar-refractivity contribution is 0.687. The average molecular weight is 344 g/mol. The summed E-state index contributed by atoms with van der Waals surface area (Å²) in [7, 11) is 0. The van der Waals surface area contributed by atoms with Gasteiger partial charge in [0.25, 0.3) is 0 Å². The molecule has 0 saturated carbocycles. The maximum Gasteiger partial charge on any atom is 0.248 e. The van der Waals surface area contributed by atoms with Gasteiger partial charge in [0.1, 0.15) is 6.33 Å². The van der Waals surface area contributed by atoms with Crippen LogP contribution in [0.1, 0.15) is 19.4 Å². The molecule has 2 aromatic rings. The lowest BCUT2D eigenvalue weighted by atomic mass is 10.2. The third kappa shape index (κ3) is 4.84. The van der Waals surface area contributed by atoms with Gasteiger partial charge < -0.3 is 5.32 Å². The lowest BCUT2D eigenvalue weighted by Gasteiger charge is -2.10. The highest BCUT2D eigenvalue weighted by Crippen LogP contribution is 2.21. The molecule has 21 heavy (non-hydrogen) atoms. The van der Waals surface area contributed by atoms with Crippen LogP contribution >= 0.6 is 35.4 Å². The minimum Gasteiger partial charge on any atom is -0.360 e. The van der Waals surface area contributed by atoms with Gasteiger partial charge in [-0.25, -0.2) is 9.67 Å². The van der Waals surface area contributed by atoms with E-state index in [0.717, 1.165) is 5.56 Å². The first kappa shape index (κ1) is 16.0. The van der Waals surface area contributed by atoms with Gasteiger partial charge in [-0.1, -0.05) is 29.3 Å². The fourth-order valence-corrected chi connectivity index (χ4v) is 2.45. The first-order valence-corrected chi connectivity index (χ1v) is 7.51. The van der Waals surface area contributed by atoms with Crippen molar-refractivity contribution < 1.29 is 0 Å². The summed E-state index contributed by atoms with van der Waals surface area (Å²) in [6, 6.07) is 5.61. The van der Waals surface area contributed by atoms with Crippen molar-refractivity contribution in [3.05, 3.63) is 40.1 Å². The summed E-state index contributed by atoms with van der Waals surface area (Å²) in [5.41, 5.74) is 0.917. The number of benzene rings is 1. The second-order valence-electron chi connectivity index (χ2n) is 4.75. The number of hydrogen-bond donors (Lipinski definition) is 2. The van der Waals surface area contributed by atoms with Crippen molar-refractivity contribution in [2.45, 2.75) is 26.4 Å². The standard InChI is InChI=1S/C13H15Cl2N5S/c1-8(2)17-13(21)18-12-16-7-20(19-12)6-9-3-4-10(14)5-11(9)15/h3-5,7-8H,6H2,1-2H3,(H2,17,18,19,21). The Kier molecular flexibility index (Phi) is 5.39. The number of nitrogens with zero attached hydrogens (tertiary/aromatic N) is 3. The van der Waals surface area contributed by atoms with Crippen LogP contribution in [0.15, 0.2) is 24.5 Å². The van der Waals surface area contributed by atoms with Crippen molar-refractivity contribution >= 4 is 46.5 Å². The molecule has 0 saturated heterocycles. The van der Waals surface area contributed by atoms with Crippen molar-refractivity contribution in [2.24, 2.45) is 0 Å². The Bertz CT molecular complexity index is 641. The Morgan fingerprint density at radius 2 is 2.14 bits per heavy atom. The van der Waals surface area contributed by atoms with Crippen LogP contribution in [0, 0.1) is 0 Å². The highest BCUT2D eigenvalue weighted by molar-refractivity contribution is 7.80. The lowest BCUT2D eigenvalue weighted by Crippen LogP contribution is -2.34. The van der Waals surface area contributed by atoms with E-state index >= 15 is 0 Å². The first-order valence-electron chi connectivity index (χ1n) is 6.35. The number of rotatable bonds is 4. The van der Waals surface area contributed by atoms with E-state index < -0.39 is 0 Å². The molecular formula is C13H15Cl2N5S. The molecule has 1 heterocycles. The highest BCUT2D eigenvalue weighted by Gasteiger charge is 2.07. The summed E-state index contributed by atoms with van der Waals surface area (Å²) in [4.78, 5) is 4.15. The zero-order chi connectivity index (χ0) is 15.4. The van der Waals surface area contributed by atoms with Crippen molar-refractivity contribution in [1.82, 2.24) is 20.1 Å². The second kappa shape index (κ2) is 7.06. The predicted molar refractivity (Wildman–Crippen MR) is 90.1 cm³/mol. The van der Waals surface area contributed by atoms with Crippen molar-refractivity contribution in [3.8, 4) is 0 Å². The van der Waals surface area contributed by atoms with Crippen molar-refractivity contribution in [3.63, 3.8) is 0 Å². The summed E-state index contributed by atoms with van der Waals surface area (Å²) in [6.07, 6.45) is 1.62. The summed E-state index contributed by atoms with van der Waals surface area (Å²) < 4.78 is 1.68. The zero-order valence-corrected chi connectivity index (χ0v) is 13.9. The van der Waals surface area contributed by atoms with Gasteiger partial charge in [0.15, 0.2) is 5.11 Å². The number of nitrogens with one attached hydrogen (secondary N) is 2. The molecule has 112 valence electrons. The van der Waals surface area contributed by atoms with Crippen LogP contribution in [0.5, 0.6) is 0 Å². The number of thiocarbonyl (C=S) groups is 1. The molecule has 2 N–H and O–H groups in total. The normalized spacial score (nSPS) is 10.7. The van der Waals surface area contributed by atoms with E-state index in [-0.39, 0.29) is 6.04 Å². The smallest absolute Gasteiger partial charge is 0.248 e. The summed E-state index contributed by atoms with van der Waals surface area (Å²) >= 11 is 17.1. The SMILES string of the molecule is CC(C)NC(=S)Nc1ncn(Cc2ccc(Cl)cc2Cl)n1. The molecule has 0 radical (unpaired) electrons. The minimum atomic E-state index is 0.250. The largest absolute Gasteiger partial charge is 0.360 e. The Balaban J connectivity index is 2.01. The summed E-state index contributed by atoms with van der Waals surface area (Å²) in [6.45, 7) is 4.51. The number of hydrogen-bond acceptors (Lipinski definition) is 3. The van der Waals surface area contributed by atoms with Gasteiger partial charge in [0, 0.05) is 16.1 Å². The first-order chi connectivity index (χ1) is 9.94. The third-order valence-electron chi connectivity index (χ3n) is 2.53. The van der Waals surface area contributed by atoms with Crippen LogP contribution in [0.3, 0.4) is 0 Å². The highest BCUT2D eigenvalue weighted by atomic mass is 35.5. The van der Waals surface area contributed by atoms with E-state index in [4.69, 9.17) is 35.4 Å². The fourth-order valence-electron chi connectivity index (χ4n) is 1.65. The van der Waals surface area contributed by atoms with Gasteiger partial charge in [-0.05, 0) is 43.8 Å². The molecule has 0 aliphatic rings. The van der Waals surface area contributed by atoms with Crippen LogP contribution in [-0.4, -0.2) is 25.9 Å². The van der Waals surface area contributed by atoms with E-state index in [2.05, 4.69) is 20.7 Å². The second-order valence-corrected chi connectivity index (χ2v) is 6.01. The molecule has 1 aromatic heterocycles. The van der Waals surface area contributed by atoms with Gasteiger partial charge in [0.2, 0.25) is 5.95 Å². The molecule has 0 atom stereocenters. The maximum absolute atomic E-state index is 6.14. The molecular weight excluding hydrogens is 329 g/mol. The maximum atomic E-state index is 6.14. The van der Waals surface area contributed by atoms with Crippen LogP contribution < -0.4 is 10.6 Å². The molecule has 0 aliphatic carbocycles. The van der Waals surface area contributed by atoms with Gasteiger partial charge in [-0.3, -0.25) is 5.32 Å². The third-order valence-corrected chi connectivity index (χ3v) is 3.34. The van der Waals surface area contributed by atoms with Gasteiger partial charge in [-0.15, -0.1) is 5.10 Å². The predicted octanol–water partition coefficient (Wildman–Crippen LogP) is 3.33. The topological polar surface area (TPSA) is 54.8 Å². The molecule has 5 nitrogen and oxygen atoms in total. The molecule has 8 heteroatoms. The number of anilines is 1. The Morgan fingerprint density at radius 1 is 1.38 bits per heavy atom. The van der Waals surface area contributed by atoms with Crippen LogP contribution in [-0.2, 0) is 6.54 Å². The van der Waals surface area contributed by atoms with E-state index in [1.54, 1.807) is 23.1 Å². The van der Waals surface area contributed by atoms with E-state index in [9.17, 15) is 0 Å². The molecule has 2 rings (SSSR count). The minimum absolute atomic E-state index is 0.250. The van der Waals surface area contributed by atoms with Crippen molar-refractivity contribution in [1.29, 1.82) is 0 Å². The summed E-state index contributed by atoms with van der Waals surface area (Å²) in [5.74, 6) is 0.443. The number of halogens is 2. The molecule has 1 aromatic carbocycles. The Labute approximate surface area is 138 Å². The summed E-state index contributed by atoms with van der Waals surface area (Å²) in [5, 5.41) is 12.0. The molecule has 0 aliphatic heterocycles. The molecule has 0 bridgehead atoms. The average Bonchev–Trinajstić information content (AvgIpc) is 2.79. The fraction of sp³-hybridized carbons (Fsp3) is 0.308. The van der Waals surface area contributed by atoms with E-state index in [1.165, 1.54) is 0 Å². The van der Waals surface area contributed by atoms with Crippen LogP contribution in [0.25, 0.3) is 0 Å². The van der Waals surface area contributed by atoms with Gasteiger partial charge >= 0.3 is 0 Å². The monoisotopic (exact) mass is 343 g/mol. The van der Waals surface area contributed by atoms with Gasteiger partial charge in [0.05, 0.1) is 6.54 Å². The van der Waals surface area contributed by atoms with E-state index in [0.29, 0.717) is 27.7 Å². The Morgan fingerprint density at radius 3 is 2.81 bits per heavy atom. The molecule has 0 unspecified atom stereocenters. The number of aromatic nitrogens is 3.